The molecule has 1 aliphatic heterocycles. The van der Waals surface area contributed by atoms with Crippen molar-refractivity contribution in [3.05, 3.63) is 35.3 Å². The standard InChI is InChI=1S/C20H20N6OS/c1-27-13-9-16(24-18(10-13)26-6-3-2-4-7-26)19-14(12-21)15(22)11-17(25-19)20-23-5-8-28-20/h5,8-11H,2-4,6-7H2,1H3,(H2,22,25). The molecule has 3 aromatic rings. The summed E-state index contributed by atoms with van der Waals surface area (Å²) in [5, 5.41) is 12.3. The fraction of sp³-hybridized carbons (Fsp3) is 0.300. The Hall–Kier alpha value is -3.18. The molecule has 0 spiro atoms. The number of hydrogen-bond acceptors (Lipinski definition) is 8. The molecule has 0 aliphatic carbocycles. The molecule has 1 aliphatic rings. The third-order valence-electron chi connectivity index (χ3n) is 4.76. The summed E-state index contributed by atoms with van der Waals surface area (Å²) >= 11 is 1.47. The Bertz CT molecular complexity index is 1020. The number of pyridine rings is 2. The van der Waals surface area contributed by atoms with Gasteiger partial charge < -0.3 is 15.4 Å². The van der Waals surface area contributed by atoms with Gasteiger partial charge in [-0.05, 0) is 25.3 Å². The minimum absolute atomic E-state index is 0.311. The lowest BCUT2D eigenvalue weighted by Crippen LogP contribution is -2.30. The van der Waals surface area contributed by atoms with Crippen molar-refractivity contribution in [2.45, 2.75) is 19.3 Å². The highest BCUT2D eigenvalue weighted by molar-refractivity contribution is 7.13. The predicted molar refractivity (Wildman–Crippen MR) is 110 cm³/mol. The molecule has 0 atom stereocenters. The molecule has 1 saturated heterocycles. The summed E-state index contributed by atoms with van der Waals surface area (Å²) in [5.41, 5.74) is 8.50. The Morgan fingerprint density at radius 1 is 1.14 bits per heavy atom. The highest BCUT2D eigenvalue weighted by Crippen LogP contribution is 2.33. The second-order valence-corrected chi connectivity index (χ2v) is 7.46. The van der Waals surface area contributed by atoms with Crippen LogP contribution in [0.15, 0.2) is 29.8 Å². The first-order chi connectivity index (χ1) is 13.7. The predicted octanol–water partition coefficient (Wildman–Crippen LogP) is 3.72. The number of piperidine rings is 1. The molecule has 142 valence electrons. The highest BCUT2D eigenvalue weighted by atomic mass is 32.1. The molecule has 0 amide bonds. The zero-order valence-corrected chi connectivity index (χ0v) is 16.4. The van der Waals surface area contributed by atoms with Crippen LogP contribution in [0.3, 0.4) is 0 Å². The van der Waals surface area contributed by atoms with E-state index in [1.54, 1.807) is 25.4 Å². The van der Waals surface area contributed by atoms with Gasteiger partial charge in [0.2, 0.25) is 0 Å². The van der Waals surface area contributed by atoms with Crippen LogP contribution in [-0.2, 0) is 0 Å². The van der Waals surface area contributed by atoms with Crippen molar-refractivity contribution < 1.29 is 4.74 Å². The van der Waals surface area contributed by atoms with E-state index in [9.17, 15) is 5.26 Å². The fourth-order valence-corrected chi connectivity index (χ4v) is 3.94. The van der Waals surface area contributed by atoms with Crippen LogP contribution in [0.4, 0.5) is 11.5 Å². The van der Waals surface area contributed by atoms with Crippen LogP contribution in [0.25, 0.3) is 22.1 Å². The van der Waals surface area contributed by atoms with Crippen LogP contribution in [-0.4, -0.2) is 35.2 Å². The van der Waals surface area contributed by atoms with Gasteiger partial charge in [0.1, 0.15) is 39.6 Å². The van der Waals surface area contributed by atoms with Crippen LogP contribution in [0.5, 0.6) is 5.75 Å². The van der Waals surface area contributed by atoms with Gasteiger partial charge in [0.05, 0.1) is 18.5 Å². The third kappa shape index (κ3) is 3.49. The lowest BCUT2D eigenvalue weighted by molar-refractivity contribution is 0.414. The van der Waals surface area contributed by atoms with E-state index in [0.29, 0.717) is 34.1 Å². The number of aromatic nitrogens is 3. The first-order valence-corrected chi connectivity index (χ1v) is 9.99. The SMILES string of the molecule is COc1cc(-c2nc(-c3nccs3)cc(N)c2C#N)nc(N2CCCCC2)c1. The number of thiazole rings is 1. The average molecular weight is 392 g/mol. The van der Waals surface area contributed by atoms with Gasteiger partial charge in [-0.1, -0.05) is 0 Å². The lowest BCUT2D eigenvalue weighted by Gasteiger charge is -2.28. The van der Waals surface area contributed by atoms with Gasteiger partial charge in [0, 0.05) is 36.8 Å². The Morgan fingerprint density at radius 3 is 2.64 bits per heavy atom. The molecule has 0 saturated carbocycles. The number of anilines is 2. The highest BCUT2D eigenvalue weighted by Gasteiger charge is 2.19. The van der Waals surface area contributed by atoms with E-state index in [4.69, 9.17) is 15.5 Å². The van der Waals surface area contributed by atoms with Crippen LogP contribution in [0, 0.1) is 11.3 Å². The van der Waals surface area contributed by atoms with Crippen LogP contribution in [0.1, 0.15) is 24.8 Å². The zero-order valence-electron chi connectivity index (χ0n) is 15.6. The molecular weight excluding hydrogens is 372 g/mol. The Kier molecular flexibility index (Phi) is 5.08. The summed E-state index contributed by atoms with van der Waals surface area (Å²) in [7, 11) is 1.62. The van der Waals surface area contributed by atoms with Gasteiger partial charge in [0.25, 0.3) is 0 Å². The maximum atomic E-state index is 9.67. The summed E-state index contributed by atoms with van der Waals surface area (Å²) in [5.74, 6) is 1.51. The summed E-state index contributed by atoms with van der Waals surface area (Å²) in [6, 6.07) is 7.58. The van der Waals surface area contributed by atoms with E-state index >= 15 is 0 Å². The number of nitrogens with two attached hydrogens (primary N) is 1. The second-order valence-electron chi connectivity index (χ2n) is 6.57. The molecule has 28 heavy (non-hydrogen) atoms. The quantitative estimate of drug-likeness (QED) is 0.722. The van der Waals surface area contributed by atoms with Crippen molar-refractivity contribution in [3.63, 3.8) is 0 Å². The van der Waals surface area contributed by atoms with Crippen molar-refractivity contribution in [1.82, 2.24) is 15.0 Å². The largest absolute Gasteiger partial charge is 0.497 e. The summed E-state index contributed by atoms with van der Waals surface area (Å²) in [4.78, 5) is 16.0. The molecule has 4 heterocycles. The Balaban J connectivity index is 1.86. The number of ether oxygens (including phenoxy) is 1. The van der Waals surface area contributed by atoms with E-state index in [0.717, 1.165) is 36.8 Å². The van der Waals surface area contributed by atoms with Crippen LogP contribution in [0.2, 0.25) is 0 Å². The molecule has 3 aromatic heterocycles. The molecule has 2 N–H and O–H groups in total. The smallest absolute Gasteiger partial charge is 0.141 e. The van der Waals surface area contributed by atoms with E-state index in [1.165, 1.54) is 17.8 Å². The van der Waals surface area contributed by atoms with E-state index in [1.807, 2.05) is 11.4 Å². The van der Waals surface area contributed by atoms with Gasteiger partial charge in [-0.2, -0.15) is 5.26 Å². The number of hydrogen-bond donors (Lipinski definition) is 1. The van der Waals surface area contributed by atoms with Crippen molar-refractivity contribution in [1.29, 1.82) is 5.26 Å². The molecule has 1 fully saturated rings. The lowest BCUT2D eigenvalue weighted by atomic mass is 10.1. The van der Waals surface area contributed by atoms with Gasteiger partial charge >= 0.3 is 0 Å². The Morgan fingerprint density at radius 2 is 1.96 bits per heavy atom. The monoisotopic (exact) mass is 392 g/mol. The number of methoxy groups -OCH3 is 1. The van der Waals surface area contributed by atoms with Crippen LogP contribution >= 0.6 is 11.3 Å². The van der Waals surface area contributed by atoms with E-state index < -0.39 is 0 Å². The first kappa shape index (κ1) is 18.2. The van der Waals surface area contributed by atoms with Crippen molar-refractivity contribution in [3.8, 4) is 33.9 Å². The first-order valence-electron chi connectivity index (χ1n) is 9.11. The molecule has 4 rings (SSSR count). The average Bonchev–Trinajstić information content (AvgIpc) is 3.28. The normalized spacial score (nSPS) is 13.9. The maximum absolute atomic E-state index is 9.67. The van der Waals surface area contributed by atoms with E-state index in [-0.39, 0.29) is 0 Å². The molecule has 0 bridgehead atoms. The molecule has 8 heteroatoms. The maximum Gasteiger partial charge on any atom is 0.141 e. The van der Waals surface area contributed by atoms with Crippen molar-refractivity contribution in [2.24, 2.45) is 0 Å². The topological polar surface area (TPSA) is 101 Å². The fourth-order valence-electron chi connectivity index (χ4n) is 3.34. The number of nitrogen functional groups attached to an aromatic ring is 1. The van der Waals surface area contributed by atoms with Gasteiger partial charge in [-0.3, -0.25) is 0 Å². The molecule has 7 nitrogen and oxygen atoms in total. The number of nitriles is 1. The van der Waals surface area contributed by atoms with E-state index in [2.05, 4.69) is 20.9 Å². The second kappa shape index (κ2) is 7.82. The number of rotatable bonds is 4. The van der Waals surface area contributed by atoms with Gasteiger partial charge in [0.15, 0.2) is 0 Å². The third-order valence-corrected chi connectivity index (χ3v) is 5.55. The summed E-state index contributed by atoms with van der Waals surface area (Å²) < 4.78 is 5.50. The zero-order chi connectivity index (χ0) is 19.5. The molecule has 0 aromatic carbocycles. The minimum Gasteiger partial charge on any atom is -0.497 e. The van der Waals surface area contributed by atoms with Crippen LogP contribution < -0.4 is 15.4 Å². The van der Waals surface area contributed by atoms with Crippen molar-refractivity contribution in [2.75, 3.05) is 30.8 Å². The molecular formula is C20H20N6OS. The van der Waals surface area contributed by atoms with Gasteiger partial charge in [-0.15, -0.1) is 11.3 Å². The Labute approximate surface area is 167 Å². The summed E-state index contributed by atoms with van der Waals surface area (Å²) in [6.45, 7) is 1.92. The van der Waals surface area contributed by atoms with Crippen molar-refractivity contribution >= 4 is 22.8 Å². The molecule has 0 radical (unpaired) electrons. The molecule has 0 unspecified atom stereocenters. The van der Waals surface area contributed by atoms with Gasteiger partial charge in [-0.25, -0.2) is 15.0 Å². The summed E-state index contributed by atoms with van der Waals surface area (Å²) in [6.07, 6.45) is 5.23. The minimum atomic E-state index is 0.311. The number of nitrogens with zero attached hydrogens (tertiary/aromatic N) is 5.